The van der Waals surface area contributed by atoms with Crippen LogP contribution in [0.4, 0.5) is 0 Å². The number of nitrogens with zero attached hydrogens (tertiary/aromatic N) is 3. The predicted octanol–water partition coefficient (Wildman–Crippen LogP) is 4.37. The van der Waals surface area contributed by atoms with Crippen LogP contribution in [0.5, 0.6) is 11.5 Å². The molecular weight excluding hydrogens is 474 g/mol. The van der Waals surface area contributed by atoms with Gasteiger partial charge in [-0.3, -0.25) is 0 Å². The van der Waals surface area contributed by atoms with E-state index in [-0.39, 0.29) is 11.5 Å². The number of hydrogen-bond donors (Lipinski definition) is 0. The Bertz CT molecular complexity index is 1450. The number of ether oxygens (including phenoxy) is 2. The summed E-state index contributed by atoms with van der Waals surface area (Å²) in [6.07, 6.45) is 4.02. The fourth-order valence-electron chi connectivity index (χ4n) is 4.72. The molecule has 2 aromatic heterocycles. The Kier molecular flexibility index (Phi) is 6.98. The van der Waals surface area contributed by atoms with Gasteiger partial charge in [0.05, 0.1) is 37.1 Å². The van der Waals surface area contributed by atoms with Crippen LogP contribution in [0, 0.1) is 0 Å². The lowest BCUT2D eigenvalue weighted by Gasteiger charge is -2.26. The van der Waals surface area contributed by atoms with E-state index in [9.17, 15) is 8.42 Å². The highest BCUT2D eigenvalue weighted by Crippen LogP contribution is 2.30. The van der Waals surface area contributed by atoms with Gasteiger partial charge in [-0.25, -0.2) is 13.4 Å². The smallest absolute Gasteiger partial charge is 0.152 e. The summed E-state index contributed by atoms with van der Waals surface area (Å²) in [6.45, 7) is 2.14. The van der Waals surface area contributed by atoms with Crippen molar-refractivity contribution in [1.29, 1.82) is 0 Å². The first-order valence-electron chi connectivity index (χ1n) is 12.2. The molecule has 0 unspecified atom stereocenters. The van der Waals surface area contributed by atoms with Crippen LogP contribution in [0.15, 0.2) is 66.9 Å². The minimum atomic E-state index is -2.86. The molecule has 0 spiro atoms. The Morgan fingerprint density at radius 3 is 2.39 bits per heavy atom. The first kappa shape index (κ1) is 24.3. The molecule has 1 aliphatic heterocycles. The Labute approximate surface area is 212 Å². The SMILES string of the molecule is COc1ccc(-c2ccc3c(CCCN4CCS(=O)(=O)CC4)cn(-c4cccc(OC)c4)c3n2)cc1. The standard InChI is InChI=1S/C28H31N3O4S/c1-34-24-10-8-21(9-11-24)27-13-12-26-22(5-4-14-30-15-17-36(32,33)18-16-30)20-31(28(26)29-27)23-6-3-7-25(19-23)35-2/h3,6-13,19-20H,4-5,14-18H2,1-2H3. The molecule has 4 aromatic rings. The molecule has 188 valence electrons. The summed E-state index contributed by atoms with van der Waals surface area (Å²) in [5.74, 6) is 2.14. The average Bonchev–Trinajstić information content (AvgIpc) is 3.27. The number of sulfone groups is 1. The Balaban J connectivity index is 1.45. The second-order valence-corrected chi connectivity index (χ2v) is 11.4. The highest BCUT2D eigenvalue weighted by molar-refractivity contribution is 7.91. The van der Waals surface area contributed by atoms with E-state index in [1.165, 1.54) is 5.56 Å². The van der Waals surface area contributed by atoms with Gasteiger partial charge in [0.25, 0.3) is 0 Å². The van der Waals surface area contributed by atoms with Gasteiger partial charge in [0.15, 0.2) is 9.84 Å². The van der Waals surface area contributed by atoms with Crippen LogP contribution >= 0.6 is 0 Å². The predicted molar refractivity (Wildman–Crippen MR) is 143 cm³/mol. The summed E-state index contributed by atoms with van der Waals surface area (Å²) in [5, 5.41) is 1.12. The second kappa shape index (κ2) is 10.3. The van der Waals surface area contributed by atoms with Crippen molar-refractivity contribution in [1.82, 2.24) is 14.5 Å². The van der Waals surface area contributed by atoms with Crippen molar-refractivity contribution in [3.8, 4) is 28.4 Å². The molecule has 2 aromatic carbocycles. The van der Waals surface area contributed by atoms with Crippen LogP contribution < -0.4 is 9.47 Å². The second-order valence-electron chi connectivity index (χ2n) is 9.12. The molecule has 5 rings (SSSR count). The zero-order valence-electron chi connectivity index (χ0n) is 20.7. The third kappa shape index (κ3) is 5.24. The zero-order chi connectivity index (χ0) is 25.1. The van der Waals surface area contributed by atoms with Gasteiger partial charge in [-0.2, -0.15) is 0 Å². The number of fused-ring (bicyclic) bond motifs is 1. The number of benzene rings is 2. The quantitative estimate of drug-likeness (QED) is 0.354. The van der Waals surface area contributed by atoms with Crippen molar-refractivity contribution in [2.24, 2.45) is 0 Å². The van der Waals surface area contributed by atoms with Gasteiger partial charge in [0.2, 0.25) is 0 Å². The van der Waals surface area contributed by atoms with Gasteiger partial charge in [0, 0.05) is 36.3 Å². The summed E-state index contributed by atoms with van der Waals surface area (Å²) in [5.41, 5.74) is 5.04. The largest absolute Gasteiger partial charge is 0.497 e. The van der Waals surface area contributed by atoms with E-state index >= 15 is 0 Å². The molecule has 0 radical (unpaired) electrons. The van der Waals surface area contributed by atoms with Crippen molar-refractivity contribution in [3.63, 3.8) is 0 Å². The fourth-order valence-corrected chi connectivity index (χ4v) is 5.99. The number of pyridine rings is 1. The molecule has 0 amide bonds. The maximum atomic E-state index is 11.7. The topological polar surface area (TPSA) is 73.7 Å². The van der Waals surface area contributed by atoms with Crippen molar-refractivity contribution in [3.05, 3.63) is 72.4 Å². The molecule has 0 saturated carbocycles. The lowest BCUT2D eigenvalue weighted by Crippen LogP contribution is -2.40. The fraction of sp³-hybridized carbons (Fsp3) is 0.321. The molecular formula is C28H31N3O4S. The molecule has 0 aliphatic carbocycles. The van der Waals surface area contributed by atoms with Crippen LogP contribution in [-0.4, -0.2) is 68.2 Å². The Morgan fingerprint density at radius 2 is 1.67 bits per heavy atom. The highest BCUT2D eigenvalue weighted by Gasteiger charge is 2.21. The first-order chi connectivity index (χ1) is 17.5. The summed E-state index contributed by atoms with van der Waals surface area (Å²) in [4.78, 5) is 7.32. The van der Waals surface area contributed by atoms with Gasteiger partial charge >= 0.3 is 0 Å². The van der Waals surface area contributed by atoms with E-state index < -0.39 is 9.84 Å². The van der Waals surface area contributed by atoms with Crippen molar-refractivity contribution in [2.45, 2.75) is 12.8 Å². The molecule has 0 N–H and O–H groups in total. The highest BCUT2D eigenvalue weighted by atomic mass is 32.2. The van der Waals surface area contributed by atoms with Crippen LogP contribution in [-0.2, 0) is 16.3 Å². The molecule has 0 bridgehead atoms. The van der Waals surface area contributed by atoms with E-state index in [2.05, 4.69) is 33.9 Å². The van der Waals surface area contributed by atoms with Crippen LogP contribution in [0.3, 0.4) is 0 Å². The maximum absolute atomic E-state index is 11.7. The summed E-state index contributed by atoms with van der Waals surface area (Å²) in [6, 6.07) is 20.1. The van der Waals surface area contributed by atoms with Gasteiger partial charge in [0.1, 0.15) is 17.1 Å². The third-order valence-electron chi connectivity index (χ3n) is 6.81. The zero-order valence-corrected chi connectivity index (χ0v) is 21.5. The van der Waals surface area contributed by atoms with Crippen molar-refractivity contribution >= 4 is 20.9 Å². The monoisotopic (exact) mass is 505 g/mol. The summed E-state index contributed by atoms with van der Waals surface area (Å²) >= 11 is 0. The summed E-state index contributed by atoms with van der Waals surface area (Å²) in [7, 11) is 0.476. The lowest BCUT2D eigenvalue weighted by molar-refractivity contribution is 0.292. The van der Waals surface area contributed by atoms with Crippen molar-refractivity contribution < 1.29 is 17.9 Å². The van der Waals surface area contributed by atoms with Gasteiger partial charge in [-0.1, -0.05) is 6.07 Å². The number of methoxy groups -OCH3 is 2. The summed E-state index contributed by atoms with van der Waals surface area (Å²) < 4.78 is 36.4. The number of aryl methyl sites for hydroxylation is 1. The first-order valence-corrected chi connectivity index (χ1v) is 14.0. The van der Waals surface area contributed by atoms with Crippen molar-refractivity contribution in [2.75, 3.05) is 45.4 Å². The van der Waals surface area contributed by atoms with E-state index in [4.69, 9.17) is 14.5 Å². The molecule has 7 nitrogen and oxygen atoms in total. The van der Waals surface area contributed by atoms with Crippen LogP contribution in [0.25, 0.3) is 28.0 Å². The molecule has 3 heterocycles. The normalized spacial score (nSPS) is 15.7. The molecule has 36 heavy (non-hydrogen) atoms. The molecule has 1 fully saturated rings. The molecule has 8 heteroatoms. The van der Waals surface area contributed by atoms with Gasteiger partial charge in [-0.15, -0.1) is 0 Å². The van der Waals surface area contributed by atoms with E-state index in [0.29, 0.717) is 13.1 Å². The van der Waals surface area contributed by atoms with Gasteiger partial charge in [-0.05, 0) is 73.5 Å². The minimum Gasteiger partial charge on any atom is -0.497 e. The maximum Gasteiger partial charge on any atom is 0.152 e. The van der Waals surface area contributed by atoms with Gasteiger partial charge < -0.3 is 18.9 Å². The Morgan fingerprint density at radius 1 is 0.917 bits per heavy atom. The number of hydrogen-bond acceptors (Lipinski definition) is 6. The molecule has 1 aliphatic rings. The number of rotatable bonds is 8. The number of aromatic nitrogens is 2. The van der Waals surface area contributed by atoms with E-state index in [1.54, 1.807) is 14.2 Å². The lowest BCUT2D eigenvalue weighted by atomic mass is 10.1. The average molecular weight is 506 g/mol. The molecule has 0 atom stereocenters. The van der Waals surface area contributed by atoms with E-state index in [1.807, 2.05) is 42.5 Å². The third-order valence-corrected chi connectivity index (χ3v) is 8.42. The van der Waals surface area contributed by atoms with Crippen LogP contribution in [0.2, 0.25) is 0 Å². The molecule has 1 saturated heterocycles. The Hall–Kier alpha value is -3.36. The minimum absolute atomic E-state index is 0.264. The van der Waals surface area contributed by atoms with E-state index in [0.717, 1.165) is 58.9 Å². The van der Waals surface area contributed by atoms with Crippen LogP contribution in [0.1, 0.15) is 12.0 Å².